The lowest BCUT2D eigenvalue weighted by molar-refractivity contribution is -0.146. The van der Waals surface area contributed by atoms with Gasteiger partial charge in [-0.2, -0.15) is 13.2 Å². The lowest BCUT2D eigenvalue weighted by atomic mass is 9.99. The monoisotopic (exact) mass is 444 g/mol. The van der Waals surface area contributed by atoms with Crippen LogP contribution in [0.2, 0.25) is 0 Å². The van der Waals surface area contributed by atoms with Crippen LogP contribution in [0.15, 0.2) is 53.4 Å². The van der Waals surface area contributed by atoms with Crippen molar-refractivity contribution < 1.29 is 40.6 Å². The van der Waals surface area contributed by atoms with Gasteiger partial charge in [0, 0.05) is 26.1 Å². The molecule has 6 nitrogen and oxygen atoms in total. The number of carbonyl (C=O) groups excluding carboxylic acids is 1. The van der Waals surface area contributed by atoms with E-state index < -0.39 is 32.3 Å². The molecule has 162 valence electrons. The third-order valence-electron chi connectivity index (χ3n) is 4.92. The molecule has 0 saturated carbocycles. The van der Waals surface area contributed by atoms with Crippen molar-refractivity contribution in [2.75, 3.05) is 20.3 Å². The summed E-state index contributed by atoms with van der Waals surface area (Å²) >= 11 is 0. The number of ether oxygens (including phenoxy) is 3. The van der Waals surface area contributed by atoms with E-state index in [9.17, 15) is 26.4 Å². The summed E-state index contributed by atoms with van der Waals surface area (Å²) in [6, 6.07) is 9.43. The lowest BCUT2D eigenvalue weighted by Crippen LogP contribution is -2.51. The highest BCUT2D eigenvalue weighted by atomic mass is 32.2. The van der Waals surface area contributed by atoms with E-state index in [0.29, 0.717) is 0 Å². The van der Waals surface area contributed by atoms with Crippen LogP contribution in [-0.4, -0.2) is 39.5 Å². The van der Waals surface area contributed by atoms with Crippen LogP contribution in [0.3, 0.4) is 0 Å². The van der Waals surface area contributed by atoms with Crippen molar-refractivity contribution in [3.05, 3.63) is 54.1 Å². The minimum Gasteiger partial charge on any atom is -0.468 e. The summed E-state index contributed by atoms with van der Waals surface area (Å²) in [7, 11) is -2.95. The fraction of sp³-hybridized carbons (Fsp3) is 0.350. The van der Waals surface area contributed by atoms with Crippen molar-refractivity contribution in [2.45, 2.75) is 28.7 Å². The Morgan fingerprint density at radius 2 is 1.47 bits per heavy atom. The first kappa shape index (κ1) is 22.1. The van der Waals surface area contributed by atoms with E-state index in [1.165, 1.54) is 36.4 Å². The van der Waals surface area contributed by atoms with Crippen molar-refractivity contribution in [3.63, 3.8) is 0 Å². The Bertz CT molecular complexity index is 992. The molecule has 0 N–H and O–H groups in total. The molecule has 2 aromatic rings. The molecule has 0 unspecified atom stereocenters. The topological polar surface area (TPSA) is 78.9 Å². The van der Waals surface area contributed by atoms with Crippen molar-refractivity contribution in [2.24, 2.45) is 0 Å². The summed E-state index contributed by atoms with van der Waals surface area (Å²) in [4.78, 5) is 12.3. The van der Waals surface area contributed by atoms with Gasteiger partial charge in [0.05, 0.1) is 17.6 Å². The maximum absolute atomic E-state index is 13.2. The van der Waals surface area contributed by atoms with Gasteiger partial charge in [0.1, 0.15) is 11.5 Å². The van der Waals surface area contributed by atoms with Crippen molar-refractivity contribution >= 4 is 15.8 Å². The molecular weight excluding hydrogens is 425 g/mol. The molecule has 2 aromatic carbocycles. The van der Waals surface area contributed by atoms with E-state index in [0.717, 1.165) is 19.2 Å². The minimum atomic E-state index is -4.45. The number of methoxy groups -OCH3 is 1. The summed E-state index contributed by atoms with van der Waals surface area (Å²) in [6.45, 7) is 0.229. The van der Waals surface area contributed by atoms with E-state index in [-0.39, 0.29) is 42.4 Å². The second-order valence-corrected chi connectivity index (χ2v) is 8.96. The van der Waals surface area contributed by atoms with Gasteiger partial charge in [-0.25, -0.2) is 8.42 Å². The highest BCUT2D eigenvalue weighted by Crippen LogP contribution is 2.37. The predicted molar refractivity (Wildman–Crippen MR) is 99.9 cm³/mol. The summed E-state index contributed by atoms with van der Waals surface area (Å²) in [5.74, 6) is -0.447. The molecule has 0 atom stereocenters. The molecule has 0 amide bonds. The quantitative estimate of drug-likeness (QED) is 0.649. The largest absolute Gasteiger partial charge is 0.468 e. The summed E-state index contributed by atoms with van der Waals surface area (Å²) in [6.07, 6.45) is -4.49. The van der Waals surface area contributed by atoms with Crippen molar-refractivity contribution in [3.8, 4) is 11.5 Å². The number of alkyl halides is 3. The smallest absolute Gasteiger partial charge is 0.416 e. The molecule has 0 spiro atoms. The molecule has 1 heterocycles. The zero-order chi connectivity index (χ0) is 22.0. The van der Waals surface area contributed by atoms with Crippen molar-refractivity contribution in [1.29, 1.82) is 0 Å². The van der Waals surface area contributed by atoms with E-state index in [2.05, 4.69) is 0 Å². The second kappa shape index (κ2) is 8.27. The van der Waals surface area contributed by atoms with Gasteiger partial charge in [0.2, 0.25) is 0 Å². The van der Waals surface area contributed by atoms with Gasteiger partial charge in [0.15, 0.2) is 14.6 Å². The van der Waals surface area contributed by atoms with E-state index >= 15 is 0 Å². The molecule has 1 fully saturated rings. The molecule has 1 aliphatic rings. The molecule has 0 aliphatic carbocycles. The molecule has 30 heavy (non-hydrogen) atoms. The van der Waals surface area contributed by atoms with Crippen LogP contribution < -0.4 is 4.74 Å². The first-order valence-corrected chi connectivity index (χ1v) is 10.4. The van der Waals surface area contributed by atoms with Crippen LogP contribution in [0.5, 0.6) is 11.5 Å². The third kappa shape index (κ3) is 4.15. The summed E-state index contributed by atoms with van der Waals surface area (Å²) in [5, 5.41) is 0. The predicted octanol–water partition coefficient (Wildman–Crippen LogP) is 3.99. The van der Waals surface area contributed by atoms with Crippen LogP contribution in [0, 0.1) is 0 Å². The van der Waals surface area contributed by atoms with Gasteiger partial charge in [-0.1, -0.05) is 0 Å². The summed E-state index contributed by atoms with van der Waals surface area (Å²) in [5.41, 5.74) is -0.805. The molecule has 3 rings (SSSR count). The average molecular weight is 444 g/mol. The van der Waals surface area contributed by atoms with Crippen LogP contribution in [0.4, 0.5) is 13.2 Å². The van der Waals surface area contributed by atoms with Gasteiger partial charge in [-0.05, 0) is 48.5 Å². The number of hydrogen-bond acceptors (Lipinski definition) is 6. The van der Waals surface area contributed by atoms with E-state index in [4.69, 9.17) is 14.2 Å². The standard InChI is InChI=1S/C20H19F3O6S/c1-27-18(24)19(10-12-28-13-11-19)30(25,26)17-8-6-16(7-9-17)29-15-4-2-14(3-5-15)20(21,22)23/h2-9H,10-13H2,1H3. The van der Waals surface area contributed by atoms with Crippen LogP contribution in [0.25, 0.3) is 0 Å². The molecule has 0 radical (unpaired) electrons. The number of hydrogen-bond donors (Lipinski definition) is 0. The zero-order valence-electron chi connectivity index (χ0n) is 15.9. The Kier molecular flexibility index (Phi) is 6.09. The Hall–Kier alpha value is -2.59. The summed E-state index contributed by atoms with van der Waals surface area (Å²) < 4.78 is 78.0. The Balaban J connectivity index is 1.83. The van der Waals surface area contributed by atoms with Gasteiger partial charge >= 0.3 is 12.1 Å². The Morgan fingerprint density at radius 3 is 1.93 bits per heavy atom. The lowest BCUT2D eigenvalue weighted by Gasteiger charge is -2.33. The molecular formula is C20H19F3O6S. The first-order valence-electron chi connectivity index (χ1n) is 8.96. The zero-order valence-corrected chi connectivity index (χ0v) is 16.8. The molecule has 0 aromatic heterocycles. The molecule has 10 heteroatoms. The maximum atomic E-state index is 13.2. The SMILES string of the molecule is COC(=O)C1(S(=O)(=O)c2ccc(Oc3ccc(C(F)(F)F)cc3)cc2)CCOCC1. The fourth-order valence-corrected chi connectivity index (χ4v) is 5.18. The number of benzene rings is 2. The Morgan fingerprint density at radius 1 is 0.967 bits per heavy atom. The van der Waals surface area contributed by atoms with Gasteiger partial charge in [-0.15, -0.1) is 0 Å². The number of sulfone groups is 1. The average Bonchev–Trinajstić information content (AvgIpc) is 2.73. The highest BCUT2D eigenvalue weighted by molar-refractivity contribution is 7.93. The number of carbonyl (C=O) groups is 1. The number of halogens is 3. The number of esters is 1. The maximum Gasteiger partial charge on any atom is 0.416 e. The van der Waals surface area contributed by atoms with Crippen LogP contribution in [0.1, 0.15) is 18.4 Å². The van der Waals surface area contributed by atoms with Gasteiger partial charge in [-0.3, -0.25) is 4.79 Å². The van der Waals surface area contributed by atoms with Crippen LogP contribution in [-0.2, 0) is 30.3 Å². The van der Waals surface area contributed by atoms with E-state index in [1.807, 2.05) is 0 Å². The van der Waals surface area contributed by atoms with Gasteiger partial charge in [0.25, 0.3) is 0 Å². The fourth-order valence-electron chi connectivity index (χ4n) is 3.23. The minimum absolute atomic E-state index is 0.0220. The molecule has 1 aliphatic heterocycles. The second-order valence-electron chi connectivity index (χ2n) is 6.70. The van der Waals surface area contributed by atoms with Crippen molar-refractivity contribution in [1.82, 2.24) is 0 Å². The number of rotatable bonds is 5. The molecule has 1 saturated heterocycles. The van der Waals surface area contributed by atoms with E-state index in [1.54, 1.807) is 0 Å². The third-order valence-corrected chi connectivity index (χ3v) is 7.42. The first-order chi connectivity index (χ1) is 14.1. The van der Waals surface area contributed by atoms with Gasteiger partial charge < -0.3 is 14.2 Å². The van der Waals surface area contributed by atoms with Crippen LogP contribution >= 0.6 is 0 Å². The normalized spacial score (nSPS) is 16.7. The molecule has 0 bridgehead atoms. The Labute approximate surface area is 171 Å². The highest BCUT2D eigenvalue weighted by Gasteiger charge is 2.53.